The zero-order chi connectivity index (χ0) is 19.3. The van der Waals surface area contributed by atoms with Gasteiger partial charge in [0, 0.05) is 5.56 Å². The van der Waals surface area contributed by atoms with Crippen molar-refractivity contribution in [3.05, 3.63) is 101 Å². The van der Waals surface area contributed by atoms with E-state index < -0.39 is 0 Å². The molecule has 0 unspecified atom stereocenters. The molecule has 1 aromatic heterocycles. The first-order valence-corrected chi connectivity index (χ1v) is 9.25. The van der Waals surface area contributed by atoms with Gasteiger partial charge < -0.3 is 4.74 Å². The molecule has 138 valence electrons. The van der Waals surface area contributed by atoms with Crippen LogP contribution in [0.1, 0.15) is 18.3 Å². The number of rotatable bonds is 5. The highest BCUT2D eigenvalue weighted by molar-refractivity contribution is 5.80. The summed E-state index contributed by atoms with van der Waals surface area (Å²) < 4.78 is 7.34. The van der Waals surface area contributed by atoms with Gasteiger partial charge in [0.2, 0.25) is 0 Å². The van der Waals surface area contributed by atoms with Crippen LogP contribution < -0.4 is 10.3 Å². The molecule has 0 aliphatic carbocycles. The zero-order valence-electron chi connectivity index (χ0n) is 15.6. The van der Waals surface area contributed by atoms with Crippen molar-refractivity contribution >= 4 is 23.1 Å². The van der Waals surface area contributed by atoms with Crippen molar-refractivity contribution in [3.63, 3.8) is 0 Å². The summed E-state index contributed by atoms with van der Waals surface area (Å²) >= 11 is 0. The lowest BCUT2D eigenvalue weighted by Crippen LogP contribution is -2.22. The summed E-state index contributed by atoms with van der Waals surface area (Å²) in [4.78, 5) is 17.9. The normalized spacial score (nSPS) is 11.2. The van der Waals surface area contributed by atoms with Crippen LogP contribution in [0.25, 0.3) is 28.7 Å². The second-order valence-corrected chi connectivity index (χ2v) is 6.27. The molecule has 0 radical (unpaired) electrons. The van der Waals surface area contributed by atoms with Gasteiger partial charge in [-0.3, -0.25) is 9.36 Å². The van der Waals surface area contributed by atoms with Gasteiger partial charge in [-0.15, -0.1) is 0 Å². The van der Waals surface area contributed by atoms with E-state index in [4.69, 9.17) is 9.72 Å². The van der Waals surface area contributed by atoms with Gasteiger partial charge in [0.15, 0.2) is 0 Å². The highest BCUT2D eigenvalue weighted by atomic mass is 16.5. The Hall–Kier alpha value is -3.66. The highest BCUT2D eigenvalue weighted by Gasteiger charge is 2.10. The Bertz CT molecular complexity index is 1190. The minimum Gasteiger partial charge on any atom is -0.493 e. The van der Waals surface area contributed by atoms with E-state index in [-0.39, 0.29) is 5.56 Å². The second kappa shape index (κ2) is 7.92. The number of aromatic nitrogens is 2. The van der Waals surface area contributed by atoms with Crippen molar-refractivity contribution in [3.8, 4) is 11.4 Å². The van der Waals surface area contributed by atoms with Crippen LogP contribution in [0.4, 0.5) is 0 Å². The summed E-state index contributed by atoms with van der Waals surface area (Å²) in [7, 11) is 0. The number of benzene rings is 3. The molecule has 0 saturated carbocycles. The number of hydrogen-bond acceptors (Lipinski definition) is 3. The monoisotopic (exact) mass is 368 g/mol. The Balaban J connectivity index is 1.90. The molecule has 0 fully saturated rings. The molecule has 0 amide bonds. The summed E-state index contributed by atoms with van der Waals surface area (Å²) in [5, 5.41) is 0.596. The van der Waals surface area contributed by atoms with E-state index in [9.17, 15) is 4.79 Å². The Morgan fingerprint density at radius 3 is 2.43 bits per heavy atom. The van der Waals surface area contributed by atoms with E-state index in [1.165, 1.54) is 0 Å². The molecule has 4 aromatic rings. The van der Waals surface area contributed by atoms with Crippen LogP contribution in [0.15, 0.2) is 83.7 Å². The van der Waals surface area contributed by atoms with Crippen molar-refractivity contribution in [1.29, 1.82) is 0 Å². The van der Waals surface area contributed by atoms with Gasteiger partial charge in [-0.1, -0.05) is 48.5 Å². The molecule has 4 rings (SSSR count). The molecule has 28 heavy (non-hydrogen) atoms. The lowest BCUT2D eigenvalue weighted by Gasteiger charge is -2.11. The van der Waals surface area contributed by atoms with Gasteiger partial charge >= 0.3 is 0 Å². The van der Waals surface area contributed by atoms with Crippen molar-refractivity contribution in [2.45, 2.75) is 6.92 Å². The SMILES string of the molecule is CCOc1ccccc1C=Cc1nc2ccccc2c(=O)n1-c1ccccc1. The van der Waals surface area contributed by atoms with Gasteiger partial charge in [0.05, 0.1) is 23.2 Å². The number of ether oxygens (including phenoxy) is 1. The first-order chi connectivity index (χ1) is 13.8. The van der Waals surface area contributed by atoms with Gasteiger partial charge in [0.1, 0.15) is 11.6 Å². The van der Waals surface area contributed by atoms with Crippen LogP contribution in [0, 0.1) is 0 Å². The number of fused-ring (bicyclic) bond motifs is 1. The van der Waals surface area contributed by atoms with Crippen LogP contribution in [-0.4, -0.2) is 16.2 Å². The summed E-state index contributed by atoms with van der Waals surface area (Å²) in [6.07, 6.45) is 3.79. The Morgan fingerprint density at radius 1 is 0.893 bits per heavy atom. The third kappa shape index (κ3) is 3.45. The Morgan fingerprint density at radius 2 is 1.61 bits per heavy atom. The van der Waals surface area contributed by atoms with Crippen LogP contribution in [0.2, 0.25) is 0 Å². The predicted octanol–water partition coefficient (Wildman–Crippen LogP) is 4.95. The average Bonchev–Trinajstić information content (AvgIpc) is 2.74. The van der Waals surface area contributed by atoms with Crippen LogP contribution in [0.5, 0.6) is 5.75 Å². The maximum absolute atomic E-state index is 13.2. The van der Waals surface area contributed by atoms with Crippen LogP contribution in [-0.2, 0) is 0 Å². The first kappa shape index (κ1) is 17.7. The average molecular weight is 368 g/mol. The molecule has 0 spiro atoms. The lowest BCUT2D eigenvalue weighted by molar-refractivity contribution is 0.339. The maximum Gasteiger partial charge on any atom is 0.266 e. The van der Waals surface area contributed by atoms with E-state index >= 15 is 0 Å². The molecule has 3 aromatic carbocycles. The van der Waals surface area contributed by atoms with Crippen molar-refractivity contribution in [2.24, 2.45) is 0 Å². The summed E-state index contributed by atoms with van der Waals surface area (Å²) in [5.41, 5.74) is 2.31. The van der Waals surface area contributed by atoms with Crippen LogP contribution in [0.3, 0.4) is 0 Å². The van der Waals surface area contributed by atoms with Gasteiger partial charge in [-0.05, 0) is 49.4 Å². The summed E-state index contributed by atoms with van der Waals surface area (Å²) in [6.45, 7) is 2.55. The van der Waals surface area contributed by atoms with Crippen molar-refractivity contribution in [1.82, 2.24) is 9.55 Å². The van der Waals surface area contributed by atoms with Gasteiger partial charge in [-0.25, -0.2) is 4.98 Å². The molecule has 1 heterocycles. The standard InChI is InChI=1S/C24H20N2O2/c1-2-28-22-15-9-6-10-18(22)16-17-23-25-21-14-8-7-13-20(21)24(27)26(23)19-11-4-3-5-12-19/h3-17H,2H2,1H3. The maximum atomic E-state index is 13.2. The highest BCUT2D eigenvalue weighted by Crippen LogP contribution is 2.21. The molecule has 0 saturated heterocycles. The summed E-state index contributed by atoms with van der Waals surface area (Å²) in [5.74, 6) is 1.37. The quantitative estimate of drug-likeness (QED) is 0.500. The molecular formula is C24H20N2O2. The topological polar surface area (TPSA) is 44.1 Å². The molecular weight excluding hydrogens is 348 g/mol. The lowest BCUT2D eigenvalue weighted by atomic mass is 10.1. The van der Waals surface area contributed by atoms with E-state index in [0.717, 1.165) is 17.0 Å². The smallest absolute Gasteiger partial charge is 0.266 e. The zero-order valence-corrected chi connectivity index (χ0v) is 15.6. The first-order valence-electron chi connectivity index (χ1n) is 9.25. The van der Waals surface area contributed by atoms with Crippen molar-refractivity contribution in [2.75, 3.05) is 6.61 Å². The molecule has 0 atom stereocenters. The predicted molar refractivity (Wildman–Crippen MR) is 114 cm³/mol. The van der Waals surface area contributed by atoms with Gasteiger partial charge in [-0.2, -0.15) is 0 Å². The van der Waals surface area contributed by atoms with Crippen LogP contribution >= 0.6 is 0 Å². The molecule has 4 nitrogen and oxygen atoms in total. The van der Waals surface area contributed by atoms with E-state index in [0.29, 0.717) is 23.3 Å². The van der Waals surface area contributed by atoms with E-state index in [1.54, 1.807) is 4.57 Å². The fraction of sp³-hybridized carbons (Fsp3) is 0.0833. The third-order valence-corrected chi connectivity index (χ3v) is 4.45. The largest absolute Gasteiger partial charge is 0.493 e. The number of para-hydroxylation sites is 3. The minimum atomic E-state index is -0.0884. The molecule has 0 bridgehead atoms. The van der Waals surface area contributed by atoms with E-state index in [2.05, 4.69) is 0 Å². The second-order valence-electron chi connectivity index (χ2n) is 6.27. The molecule has 0 aliphatic rings. The Labute approximate surface area is 163 Å². The third-order valence-electron chi connectivity index (χ3n) is 4.45. The van der Waals surface area contributed by atoms with E-state index in [1.807, 2.05) is 97.9 Å². The molecule has 0 aliphatic heterocycles. The minimum absolute atomic E-state index is 0.0884. The number of nitrogens with zero attached hydrogens (tertiary/aromatic N) is 2. The molecule has 0 N–H and O–H groups in total. The Kier molecular flexibility index (Phi) is 5.02. The summed E-state index contributed by atoms with van der Waals surface area (Å²) in [6, 6.07) is 24.8. The fourth-order valence-corrected chi connectivity index (χ4v) is 3.16. The van der Waals surface area contributed by atoms with Crippen molar-refractivity contribution < 1.29 is 4.74 Å². The fourth-order valence-electron chi connectivity index (χ4n) is 3.16. The molecule has 4 heteroatoms. The van der Waals surface area contributed by atoms with Gasteiger partial charge in [0.25, 0.3) is 5.56 Å². The number of hydrogen-bond donors (Lipinski definition) is 0.